The standard InChI is InChI=1S/C8H11NO2/c1-6-3-4-8(9(10)11)7(2)5-6/h3-5,7-8H,1-2H3. The van der Waals surface area contributed by atoms with E-state index in [-0.39, 0.29) is 10.8 Å². The van der Waals surface area contributed by atoms with Crippen molar-refractivity contribution in [2.24, 2.45) is 5.92 Å². The van der Waals surface area contributed by atoms with Gasteiger partial charge in [-0.3, -0.25) is 10.1 Å². The maximum Gasteiger partial charge on any atom is 0.237 e. The quantitative estimate of drug-likeness (QED) is 0.425. The third kappa shape index (κ3) is 1.67. The van der Waals surface area contributed by atoms with Crippen molar-refractivity contribution in [3.63, 3.8) is 0 Å². The summed E-state index contributed by atoms with van der Waals surface area (Å²) < 4.78 is 0. The number of rotatable bonds is 1. The summed E-state index contributed by atoms with van der Waals surface area (Å²) in [5, 5.41) is 10.4. The Balaban J connectivity index is 2.77. The van der Waals surface area contributed by atoms with Gasteiger partial charge >= 0.3 is 0 Å². The molecule has 0 N–H and O–H groups in total. The van der Waals surface area contributed by atoms with Gasteiger partial charge in [-0.1, -0.05) is 24.6 Å². The van der Waals surface area contributed by atoms with E-state index < -0.39 is 6.04 Å². The monoisotopic (exact) mass is 153 g/mol. The number of nitro groups is 1. The number of nitrogens with zero attached hydrogens (tertiary/aromatic N) is 1. The summed E-state index contributed by atoms with van der Waals surface area (Å²) >= 11 is 0. The van der Waals surface area contributed by atoms with Crippen LogP contribution in [-0.2, 0) is 0 Å². The lowest BCUT2D eigenvalue weighted by atomic mass is 9.94. The van der Waals surface area contributed by atoms with Crippen LogP contribution in [0.4, 0.5) is 0 Å². The second-order valence-electron chi connectivity index (χ2n) is 2.90. The molecule has 0 saturated heterocycles. The van der Waals surface area contributed by atoms with Crippen molar-refractivity contribution in [2.45, 2.75) is 19.9 Å². The Bertz CT molecular complexity index is 230. The molecule has 0 aromatic heterocycles. The molecule has 11 heavy (non-hydrogen) atoms. The highest BCUT2D eigenvalue weighted by Crippen LogP contribution is 2.18. The van der Waals surface area contributed by atoms with Gasteiger partial charge in [0.25, 0.3) is 0 Å². The number of hydrogen-bond donors (Lipinski definition) is 0. The zero-order chi connectivity index (χ0) is 8.43. The predicted octanol–water partition coefficient (Wildman–Crippen LogP) is 1.78. The molecule has 0 amide bonds. The molecule has 2 atom stereocenters. The van der Waals surface area contributed by atoms with Crippen molar-refractivity contribution < 1.29 is 4.92 Å². The van der Waals surface area contributed by atoms with Crippen LogP contribution >= 0.6 is 0 Å². The first-order valence-electron chi connectivity index (χ1n) is 3.61. The molecule has 0 aliphatic heterocycles. The van der Waals surface area contributed by atoms with Crippen molar-refractivity contribution in [1.82, 2.24) is 0 Å². The maximum atomic E-state index is 10.4. The first-order chi connectivity index (χ1) is 5.11. The normalized spacial score (nSPS) is 29.8. The Labute approximate surface area is 65.6 Å². The second-order valence-corrected chi connectivity index (χ2v) is 2.90. The van der Waals surface area contributed by atoms with Crippen LogP contribution in [0.1, 0.15) is 13.8 Å². The van der Waals surface area contributed by atoms with E-state index >= 15 is 0 Å². The van der Waals surface area contributed by atoms with Gasteiger partial charge in [-0.2, -0.15) is 0 Å². The van der Waals surface area contributed by atoms with E-state index in [2.05, 4.69) is 0 Å². The van der Waals surface area contributed by atoms with Crippen LogP contribution in [0.3, 0.4) is 0 Å². The Morgan fingerprint density at radius 2 is 2.27 bits per heavy atom. The van der Waals surface area contributed by atoms with Crippen LogP contribution in [0.2, 0.25) is 0 Å². The largest absolute Gasteiger partial charge is 0.264 e. The van der Waals surface area contributed by atoms with E-state index in [9.17, 15) is 10.1 Å². The molecule has 1 rings (SSSR count). The highest BCUT2D eigenvalue weighted by molar-refractivity contribution is 5.23. The molecular weight excluding hydrogens is 142 g/mol. The average molecular weight is 153 g/mol. The first-order valence-corrected chi connectivity index (χ1v) is 3.61. The molecule has 0 saturated carbocycles. The van der Waals surface area contributed by atoms with Gasteiger partial charge in [0.05, 0.1) is 0 Å². The zero-order valence-corrected chi connectivity index (χ0v) is 6.65. The highest BCUT2D eigenvalue weighted by atomic mass is 16.6. The van der Waals surface area contributed by atoms with Crippen molar-refractivity contribution in [3.05, 3.63) is 33.9 Å². The maximum absolute atomic E-state index is 10.4. The summed E-state index contributed by atoms with van der Waals surface area (Å²) in [6, 6.07) is -0.529. The Kier molecular flexibility index (Phi) is 2.08. The van der Waals surface area contributed by atoms with Gasteiger partial charge in [-0.05, 0) is 13.0 Å². The molecule has 60 valence electrons. The summed E-state index contributed by atoms with van der Waals surface area (Å²) in [5.41, 5.74) is 1.11. The number of allylic oxidation sites excluding steroid dienone is 2. The van der Waals surface area contributed by atoms with Crippen LogP contribution in [0.15, 0.2) is 23.8 Å². The molecule has 3 nitrogen and oxygen atoms in total. The summed E-state index contributed by atoms with van der Waals surface area (Å²) in [6.45, 7) is 3.81. The summed E-state index contributed by atoms with van der Waals surface area (Å²) in [6.07, 6.45) is 5.38. The SMILES string of the molecule is CC1=CC(C)C([N+](=O)[O-])C=C1. The van der Waals surface area contributed by atoms with Crippen molar-refractivity contribution in [2.75, 3.05) is 0 Å². The molecule has 0 aromatic rings. The lowest BCUT2D eigenvalue weighted by Gasteiger charge is -2.14. The summed E-state index contributed by atoms with van der Waals surface area (Å²) in [4.78, 5) is 10.2. The lowest BCUT2D eigenvalue weighted by Crippen LogP contribution is -2.25. The number of hydrogen-bond acceptors (Lipinski definition) is 2. The van der Waals surface area contributed by atoms with Crippen molar-refractivity contribution in [3.8, 4) is 0 Å². The molecule has 2 unspecified atom stereocenters. The molecule has 0 spiro atoms. The van der Waals surface area contributed by atoms with E-state index in [4.69, 9.17) is 0 Å². The Hall–Kier alpha value is -1.12. The minimum Gasteiger partial charge on any atom is -0.264 e. The van der Waals surface area contributed by atoms with Gasteiger partial charge in [0.2, 0.25) is 6.04 Å². The van der Waals surface area contributed by atoms with Gasteiger partial charge in [0.15, 0.2) is 0 Å². The molecule has 1 aliphatic rings. The molecule has 0 bridgehead atoms. The first kappa shape index (κ1) is 7.98. The van der Waals surface area contributed by atoms with Crippen LogP contribution in [0, 0.1) is 16.0 Å². The Morgan fingerprint density at radius 1 is 1.64 bits per heavy atom. The van der Waals surface area contributed by atoms with E-state index in [1.165, 1.54) is 0 Å². The molecule has 0 aromatic carbocycles. The van der Waals surface area contributed by atoms with Crippen LogP contribution < -0.4 is 0 Å². The molecule has 0 radical (unpaired) electrons. The average Bonchev–Trinajstić information content (AvgIpc) is 1.85. The smallest absolute Gasteiger partial charge is 0.237 e. The summed E-state index contributed by atoms with van der Waals surface area (Å²) in [7, 11) is 0. The third-order valence-corrected chi connectivity index (χ3v) is 1.86. The topological polar surface area (TPSA) is 43.1 Å². The molecule has 3 heteroatoms. The lowest BCUT2D eigenvalue weighted by molar-refractivity contribution is -0.515. The fourth-order valence-corrected chi connectivity index (χ4v) is 1.26. The fourth-order valence-electron chi connectivity index (χ4n) is 1.26. The van der Waals surface area contributed by atoms with E-state index in [1.54, 1.807) is 12.2 Å². The Morgan fingerprint density at radius 3 is 2.73 bits per heavy atom. The van der Waals surface area contributed by atoms with Gasteiger partial charge in [0.1, 0.15) is 0 Å². The minimum absolute atomic E-state index is 0.0231. The van der Waals surface area contributed by atoms with Crippen molar-refractivity contribution in [1.29, 1.82) is 0 Å². The van der Waals surface area contributed by atoms with Gasteiger partial charge < -0.3 is 0 Å². The van der Waals surface area contributed by atoms with Crippen molar-refractivity contribution >= 4 is 0 Å². The molecule has 0 heterocycles. The van der Waals surface area contributed by atoms with E-state index in [0.29, 0.717) is 0 Å². The third-order valence-electron chi connectivity index (χ3n) is 1.86. The van der Waals surface area contributed by atoms with Gasteiger partial charge in [-0.15, -0.1) is 0 Å². The molecule has 0 fully saturated rings. The van der Waals surface area contributed by atoms with Crippen LogP contribution in [0.5, 0.6) is 0 Å². The van der Waals surface area contributed by atoms with Gasteiger partial charge in [0, 0.05) is 10.8 Å². The highest BCUT2D eigenvalue weighted by Gasteiger charge is 2.24. The summed E-state index contributed by atoms with van der Waals surface area (Å²) in [5.74, 6) is 0.0231. The second kappa shape index (κ2) is 2.86. The fraction of sp³-hybridized carbons (Fsp3) is 0.500. The zero-order valence-electron chi connectivity index (χ0n) is 6.65. The minimum atomic E-state index is -0.529. The molecular formula is C8H11NO2. The van der Waals surface area contributed by atoms with Crippen LogP contribution in [-0.4, -0.2) is 11.0 Å². The predicted molar refractivity (Wildman–Crippen MR) is 42.8 cm³/mol. The van der Waals surface area contributed by atoms with E-state index in [1.807, 2.05) is 19.9 Å². The van der Waals surface area contributed by atoms with Gasteiger partial charge in [-0.25, -0.2) is 0 Å². The van der Waals surface area contributed by atoms with E-state index in [0.717, 1.165) is 5.57 Å². The molecule has 1 aliphatic carbocycles. The van der Waals surface area contributed by atoms with Crippen LogP contribution in [0.25, 0.3) is 0 Å².